The normalized spacial score (nSPS) is 38.4. The Morgan fingerprint density at radius 2 is 1.79 bits per heavy atom. The fraction of sp³-hybridized carbons (Fsp3) is 1.00. The standard InChI is InChI=1S/C7H9F5O2/c1-4-6(8,9)5(2,7(10,11)12)14-3-13-4/h4H,3H2,1-2H3/t4-,5?/m1/s1. The molecule has 2 atom stereocenters. The maximum Gasteiger partial charge on any atom is 0.423 e. The summed E-state index contributed by atoms with van der Waals surface area (Å²) in [5, 5.41) is 0. The summed E-state index contributed by atoms with van der Waals surface area (Å²) in [6.45, 7) is 0.422. The summed E-state index contributed by atoms with van der Waals surface area (Å²) in [6, 6.07) is 0. The van der Waals surface area contributed by atoms with Crippen LogP contribution in [0.15, 0.2) is 0 Å². The van der Waals surface area contributed by atoms with Crippen LogP contribution in [0.3, 0.4) is 0 Å². The Kier molecular flexibility index (Phi) is 2.52. The highest BCUT2D eigenvalue weighted by atomic mass is 19.4. The van der Waals surface area contributed by atoms with Gasteiger partial charge in [-0.2, -0.15) is 13.2 Å². The van der Waals surface area contributed by atoms with Gasteiger partial charge in [0, 0.05) is 0 Å². The van der Waals surface area contributed by atoms with Crippen molar-refractivity contribution in [1.29, 1.82) is 0 Å². The Morgan fingerprint density at radius 3 is 2.14 bits per heavy atom. The molecular weight excluding hydrogens is 211 g/mol. The van der Waals surface area contributed by atoms with E-state index in [0.717, 1.165) is 6.92 Å². The maximum absolute atomic E-state index is 13.2. The highest BCUT2D eigenvalue weighted by molar-refractivity contribution is 5.01. The van der Waals surface area contributed by atoms with Gasteiger partial charge in [0.2, 0.25) is 5.60 Å². The summed E-state index contributed by atoms with van der Waals surface area (Å²) < 4.78 is 71.7. The van der Waals surface area contributed by atoms with Crippen LogP contribution in [0.5, 0.6) is 0 Å². The van der Waals surface area contributed by atoms with Gasteiger partial charge in [0.1, 0.15) is 12.9 Å². The molecule has 0 aromatic rings. The first-order valence-electron chi connectivity index (χ1n) is 3.83. The molecule has 1 heterocycles. The predicted molar refractivity (Wildman–Crippen MR) is 35.9 cm³/mol. The van der Waals surface area contributed by atoms with Crippen molar-refractivity contribution in [3.63, 3.8) is 0 Å². The molecule has 0 N–H and O–H groups in total. The van der Waals surface area contributed by atoms with E-state index in [9.17, 15) is 22.0 Å². The van der Waals surface area contributed by atoms with Crippen molar-refractivity contribution < 1.29 is 31.4 Å². The number of alkyl halides is 5. The van der Waals surface area contributed by atoms with Gasteiger partial charge in [-0.15, -0.1) is 0 Å². The molecular formula is C7H9F5O2. The van der Waals surface area contributed by atoms with Crippen molar-refractivity contribution in [2.75, 3.05) is 6.79 Å². The third-order valence-corrected chi connectivity index (χ3v) is 2.35. The first-order chi connectivity index (χ1) is 6.13. The third kappa shape index (κ3) is 1.38. The van der Waals surface area contributed by atoms with Crippen LogP contribution in [-0.2, 0) is 9.47 Å². The molecule has 1 fully saturated rings. The van der Waals surface area contributed by atoms with Crippen LogP contribution in [0.4, 0.5) is 22.0 Å². The van der Waals surface area contributed by atoms with E-state index in [-0.39, 0.29) is 0 Å². The second kappa shape index (κ2) is 3.03. The van der Waals surface area contributed by atoms with E-state index in [2.05, 4.69) is 9.47 Å². The van der Waals surface area contributed by atoms with Crippen molar-refractivity contribution in [2.24, 2.45) is 0 Å². The largest absolute Gasteiger partial charge is 0.423 e. The molecule has 0 bridgehead atoms. The van der Waals surface area contributed by atoms with E-state index in [1.807, 2.05) is 0 Å². The number of halogens is 5. The summed E-state index contributed by atoms with van der Waals surface area (Å²) in [5.41, 5.74) is -3.47. The van der Waals surface area contributed by atoms with Gasteiger partial charge in [0.05, 0.1) is 0 Å². The average Bonchev–Trinajstić information content (AvgIpc) is 1.98. The van der Waals surface area contributed by atoms with E-state index in [1.54, 1.807) is 0 Å². The van der Waals surface area contributed by atoms with E-state index in [4.69, 9.17) is 0 Å². The number of rotatable bonds is 0. The Hall–Kier alpha value is -0.430. The molecule has 2 nitrogen and oxygen atoms in total. The Labute approximate surface area is 77.0 Å². The molecule has 0 aromatic carbocycles. The summed E-state index contributed by atoms with van der Waals surface area (Å²) >= 11 is 0. The first-order valence-corrected chi connectivity index (χ1v) is 3.83. The molecule has 84 valence electrons. The van der Waals surface area contributed by atoms with Gasteiger partial charge in [0.15, 0.2) is 0 Å². The quantitative estimate of drug-likeness (QED) is 0.583. The minimum atomic E-state index is -5.13. The second-order valence-electron chi connectivity index (χ2n) is 3.23. The van der Waals surface area contributed by atoms with Gasteiger partial charge in [-0.1, -0.05) is 0 Å². The van der Waals surface area contributed by atoms with E-state index in [1.165, 1.54) is 0 Å². The lowest BCUT2D eigenvalue weighted by Gasteiger charge is -2.44. The summed E-state index contributed by atoms with van der Waals surface area (Å²) in [7, 11) is 0. The topological polar surface area (TPSA) is 18.5 Å². The van der Waals surface area contributed by atoms with Crippen molar-refractivity contribution in [1.82, 2.24) is 0 Å². The fourth-order valence-electron chi connectivity index (χ4n) is 1.11. The van der Waals surface area contributed by atoms with Gasteiger partial charge >= 0.3 is 12.1 Å². The number of ether oxygens (including phenoxy) is 2. The third-order valence-electron chi connectivity index (χ3n) is 2.35. The lowest BCUT2D eigenvalue weighted by Crippen LogP contribution is -2.66. The highest BCUT2D eigenvalue weighted by Gasteiger charge is 2.71. The second-order valence-corrected chi connectivity index (χ2v) is 3.23. The van der Waals surface area contributed by atoms with Crippen LogP contribution in [0.1, 0.15) is 13.8 Å². The zero-order chi connectivity index (χ0) is 11.2. The van der Waals surface area contributed by atoms with E-state index < -0.39 is 30.6 Å². The van der Waals surface area contributed by atoms with E-state index in [0.29, 0.717) is 6.92 Å². The fourth-order valence-corrected chi connectivity index (χ4v) is 1.11. The Morgan fingerprint density at radius 1 is 1.29 bits per heavy atom. The van der Waals surface area contributed by atoms with Crippen molar-refractivity contribution in [2.45, 2.75) is 37.7 Å². The molecule has 0 aliphatic carbocycles. The summed E-state index contributed by atoms with van der Waals surface area (Å²) in [4.78, 5) is 0. The molecule has 0 amide bonds. The lowest BCUT2D eigenvalue weighted by molar-refractivity contribution is -0.408. The molecule has 14 heavy (non-hydrogen) atoms. The molecule has 0 saturated carbocycles. The van der Waals surface area contributed by atoms with Crippen molar-refractivity contribution in [3.8, 4) is 0 Å². The van der Waals surface area contributed by atoms with Crippen LogP contribution >= 0.6 is 0 Å². The number of hydrogen-bond acceptors (Lipinski definition) is 2. The number of hydrogen-bond donors (Lipinski definition) is 0. The molecule has 0 radical (unpaired) electrons. The van der Waals surface area contributed by atoms with Gasteiger partial charge in [-0.05, 0) is 13.8 Å². The van der Waals surface area contributed by atoms with Crippen LogP contribution in [0.25, 0.3) is 0 Å². The maximum atomic E-state index is 13.2. The summed E-state index contributed by atoms with van der Waals surface area (Å²) in [5.74, 6) is -4.09. The molecule has 1 aliphatic rings. The summed E-state index contributed by atoms with van der Waals surface area (Å²) in [6.07, 6.45) is -6.95. The Balaban J connectivity index is 3.07. The highest BCUT2D eigenvalue weighted by Crippen LogP contribution is 2.48. The lowest BCUT2D eigenvalue weighted by atomic mass is 9.92. The predicted octanol–water partition coefficient (Wildman–Crippen LogP) is 2.34. The molecule has 0 spiro atoms. The van der Waals surface area contributed by atoms with Gasteiger partial charge < -0.3 is 9.47 Å². The van der Waals surface area contributed by atoms with E-state index >= 15 is 0 Å². The molecule has 1 rings (SSSR count). The minimum Gasteiger partial charge on any atom is -0.346 e. The molecule has 1 unspecified atom stereocenters. The molecule has 1 saturated heterocycles. The average molecular weight is 220 g/mol. The smallest absolute Gasteiger partial charge is 0.346 e. The molecule has 1 aliphatic heterocycles. The van der Waals surface area contributed by atoms with Gasteiger partial charge in [-0.25, -0.2) is 8.78 Å². The van der Waals surface area contributed by atoms with Gasteiger partial charge in [0.25, 0.3) is 0 Å². The van der Waals surface area contributed by atoms with Crippen LogP contribution in [0, 0.1) is 0 Å². The van der Waals surface area contributed by atoms with Crippen LogP contribution in [-0.4, -0.2) is 30.6 Å². The van der Waals surface area contributed by atoms with Crippen LogP contribution < -0.4 is 0 Å². The minimum absolute atomic E-state index is 0.325. The Bertz CT molecular complexity index is 227. The SMILES string of the molecule is C[C@H]1OCOC(C)(C(F)(F)F)C1(F)F. The zero-order valence-corrected chi connectivity index (χ0v) is 7.49. The monoisotopic (exact) mass is 220 g/mol. The first kappa shape index (κ1) is 11.6. The van der Waals surface area contributed by atoms with Crippen molar-refractivity contribution >= 4 is 0 Å². The molecule has 0 aromatic heterocycles. The zero-order valence-electron chi connectivity index (χ0n) is 7.49. The molecule has 7 heteroatoms. The van der Waals surface area contributed by atoms with Crippen molar-refractivity contribution in [3.05, 3.63) is 0 Å². The van der Waals surface area contributed by atoms with Gasteiger partial charge in [-0.3, -0.25) is 0 Å². The van der Waals surface area contributed by atoms with Crippen LogP contribution in [0.2, 0.25) is 0 Å².